The summed E-state index contributed by atoms with van der Waals surface area (Å²) in [5.41, 5.74) is 4.39. The smallest absolute Gasteiger partial charge is 0.326 e. The zero-order chi connectivity index (χ0) is 25.8. The summed E-state index contributed by atoms with van der Waals surface area (Å²) in [6.45, 7) is 3.51. The normalized spacial score (nSPS) is 19.8. The van der Waals surface area contributed by atoms with Gasteiger partial charge in [-0.3, -0.25) is 4.79 Å². The van der Waals surface area contributed by atoms with Crippen molar-refractivity contribution < 1.29 is 28.9 Å². The van der Waals surface area contributed by atoms with E-state index in [0.717, 1.165) is 22.3 Å². The number of benzene rings is 3. The van der Waals surface area contributed by atoms with Crippen molar-refractivity contribution in [3.05, 3.63) is 101 Å². The average molecular weight is 502 g/mol. The van der Waals surface area contributed by atoms with E-state index in [1.807, 2.05) is 79.7 Å². The first kappa shape index (κ1) is 25.0. The number of aliphatic carboxylic acids is 1. The van der Waals surface area contributed by atoms with Gasteiger partial charge in [0.2, 0.25) is 0 Å². The molecule has 0 radical (unpaired) electrons. The number of amides is 1. The summed E-state index contributed by atoms with van der Waals surface area (Å²) in [6.07, 6.45) is -0.259. The maximum Gasteiger partial charge on any atom is 0.326 e. The van der Waals surface area contributed by atoms with E-state index in [1.165, 1.54) is 4.90 Å². The summed E-state index contributed by atoms with van der Waals surface area (Å²) in [5, 5.41) is 10.2. The van der Waals surface area contributed by atoms with Crippen LogP contribution >= 0.6 is 0 Å². The second-order valence-corrected chi connectivity index (χ2v) is 9.56. The molecule has 3 aromatic carbocycles. The predicted molar refractivity (Wildman–Crippen MR) is 137 cm³/mol. The molecule has 1 amide bonds. The van der Waals surface area contributed by atoms with Gasteiger partial charge in [0.1, 0.15) is 18.4 Å². The lowest BCUT2D eigenvalue weighted by atomic mass is 9.90. The van der Waals surface area contributed by atoms with Crippen molar-refractivity contribution >= 4 is 11.9 Å². The van der Waals surface area contributed by atoms with E-state index in [2.05, 4.69) is 0 Å². The van der Waals surface area contributed by atoms with Crippen LogP contribution in [0.25, 0.3) is 0 Å². The van der Waals surface area contributed by atoms with Crippen LogP contribution in [-0.4, -0.2) is 47.2 Å². The molecule has 37 heavy (non-hydrogen) atoms. The second kappa shape index (κ2) is 11.2. The number of hydrogen-bond acceptors (Lipinski definition) is 5. The average Bonchev–Trinajstić information content (AvgIpc) is 3.44. The fourth-order valence-corrected chi connectivity index (χ4v) is 5.01. The summed E-state index contributed by atoms with van der Waals surface area (Å²) in [5.74, 6) is -0.715. The molecule has 0 bridgehead atoms. The van der Waals surface area contributed by atoms with Gasteiger partial charge in [-0.1, -0.05) is 72.8 Å². The molecule has 0 saturated carbocycles. The highest BCUT2D eigenvalue weighted by Gasteiger charge is 2.40. The lowest BCUT2D eigenvalue weighted by Gasteiger charge is -2.37. The van der Waals surface area contributed by atoms with Gasteiger partial charge in [-0.25, -0.2) is 4.79 Å². The number of rotatable bonds is 8. The highest BCUT2D eigenvalue weighted by atomic mass is 16.6. The third-order valence-corrected chi connectivity index (χ3v) is 7.01. The topological polar surface area (TPSA) is 85.3 Å². The Morgan fingerprint density at radius 3 is 2.46 bits per heavy atom. The molecule has 2 aliphatic rings. The first-order valence-electron chi connectivity index (χ1n) is 12.6. The molecule has 2 aliphatic heterocycles. The molecule has 0 aliphatic carbocycles. The molecule has 0 aromatic heterocycles. The standard InChI is InChI=1S/C30H31NO6/c1-20-12-13-23-17-31(29(32)28(22-10-6-3-7-11-22)37-24-14-15-35-19-24)26(30(33)34)16-25(23)27(20)36-18-21-8-4-2-5-9-21/h2-13,24,26,28H,14-19H2,1H3,(H,33,34)/t24-,26-,28+/m0/s1. The number of hydrogen-bond donors (Lipinski definition) is 1. The first-order chi connectivity index (χ1) is 18.0. The fraction of sp³-hybridized carbons (Fsp3) is 0.333. The Hall–Kier alpha value is -3.68. The summed E-state index contributed by atoms with van der Waals surface area (Å²) >= 11 is 0. The second-order valence-electron chi connectivity index (χ2n) is 9.56. The minimum absolute atomic E-state index is 0.163. The Bertz CT molecular complexity index is 1240. The van der Waals surface area contributed by atoms with Crippen LogP contribution < -0.4 is 4.74 Å². The van der Waals surface area contributed by atoms with Gasteiger partial charge in [0.05, 0.1) is 12.7 Å². The first-order valence-corrected chi connectivity index (χ1v) is 12.6. The zero-order valence-electron chi connectivity index (χ0n) is 20.8. The van der Waals surface area contributed by atoms with E-state index < -0.39 is 18.1 Å². The van der Waals surface area contributed by atoms with Crippen LogP contribution in [-0.2, 0) is 38.6 Å². The highest BCUT2D eigenvalue weighted by molar-refractivity contribution is 5.88. The minimum atomic E-state index is -1.05. The van der Waals surface area contributed by atoms with Gasteiger partial charge in [-0.05, 0) is 35.6 Å². The highest BCUT2D eigenvalue weighted by Crippen LogP contribution is 2.36. The van der Waals surface area contributed by atoms with Crippen LogP contribution in [0, 0.1) is 6.92 Å². The van der Waals surface area contributed by atoms with Crippen molar-refractivity contribution in [3.63, 3.8) is 0 Å². The molecule has 0 spiro atoms. The summed E-state index contributed by atoms with van der Waals surface area (Å²) < 4.78 is 17.9. The van der Waals surface area contributed by atoms with Gasteiger partial charge in [0.15, 0.2) is 6.10 Å². The van der Waals surface area contributed by atoms with Gasteiger partial charge in [-0.15, -0.1) is 0 Å². The SMILES string of the molecule is Cc1ccc2c(c1OCc1ccccc1)C[C@@H](C(=O)O)N(C(=O)[C@H](O[C@H]1CCOC1)c1ccccc1)C2. The lowest BCUT2D eigenvalue weighted by Crippen LogP contribution is -2.51. The van der Waals surface area contributed by atoms with Crippen LogP contribution in [0.15, 0.2) is 72.8 Å². The lowest BCUT2D eigenvalue weighted by molar-refractivity contribution is -0.160. The zero-order valence-corrected chi connectivity index (χ0v) is 20.8. The van der Waals surface area contributed by atoms with Crippen LogP contribution in [0.3, 0.4) is 0 Å². The number of carboxylic acid groups (broad SMARTS) is 1. The molecule has 0 unspecified atom stereocenters. The molecule has 192 valence electrons. The maximum absolute atomic E-state index is 13.9. The van der Waals surface area contributed by atoms with Crippen LogP contribution in [0.2, 0.25) is 0 Å². The summed E-state index contributed by atoms with van der Waals surface area (Å²) in [6, 6.07) is 22.0. The third kappa shape index (κ3) is 5.53. The number of carbonyl (C=O) groups excluding carboxylic acids is 1. The largest absolute Gasteiger partial charge is 0.488 e. The quantitative estimate of drug-likeness (QED) is 0.491. The van der Waals surface area contributed by atoms with E-state index in [-0.39, 0.29) is 25.0 Å². The Morgan fingerprint density at radius 2 is 1.78 bits per heavy atom. The van der Waals surface area contributed by atoms with Crippen LogP contribution in [0.5, 0.6) is 5.75 Å². The number of ether oxygens (including phenoxy) is 3. The molecule has 5 rings (SSSR count). The van der Waals surface area contributed by atoms with Crippen molar-refractivity contribution in [2.24, 2.45) is 0 Å². The van der Waals surface area contributed by atoms with Crippen molar-refractivity contribution in [3.8, 4) is 5.75 Å². The third-order valence-electron chi connectivity index (χ3n) is 7.01. The monoisotopic (exact) mass is 501 g/mol. The number of aryl methyl sites for hydroxylation is 1. The Labute approximate surface area is 216 Å². The van der Waals surface area contributed by atoms with Gasteiger partial charge in [-0.2, -0.15) is 0 Å². The van der Waals surface area contributed by atoms with E-state index in [9.17, 15) is 14.7 Å². The van der Waals surface area contributed by atoms with Gasteiger partial charge < -0.3 is 24.2 Å². The number of nitrogens with zero attached hydrogens (tertiary/aromatic N) is 1. The van der Waals surface area contributed by atoms with Crippen LogP contribution in [0.1, 0.15) is 40.3 Å². The molecule has 1 saturated heterocycles. The number of fused-ring (bicyclic) bond motifs is 1. The fourth-order valence-electron chi connectivity index (χ4n) is 5.01. The van der Waals surface area contributed by atoms with Crippen molar-refractivity contribution in [2.75, 3.05) is 13.2 Å². The summed E-state index contributed by atoms with van der Waals surface area (Å²) in [7, 11) is 0. The van der Waals surface area contributed by atoms with E-state index in [0.29, 0.717) is 37.6 Å². The van der Waals surface area contributed by atoms with Crippen molar-refractivity contribution in [1.29, 1.82) is 0 Å². The molecular formula is C30H31NO6. The Morgan fingerprint density at radius 1 is 1.05 bits per heavy atom. The molecule has 7 heteroatoms. The Balaban J connectivity index is 1.44. The summed E-state index contributed by atoms with van der Waals surface area (Å²) in [4.78, 5) is 27.8. The minimum Gasteiger partial charge on any atom is -0.488 e. The molecule has 1 fully saturated rings. The van der Waals surface area contributed by atoms with Crippen molar-refractivity contribution in [1.82, 2.24) is 4.90 Å². The molecule has 7 nitrogen and oxygen atoms in total. The molecule has 3 atom stereocenters. The van der Waals surface area contributed by atoms with Crippen molar-refractivity contribution in [2.45, 2.75) is 51.2 Å². The molecular weight excluding hydrogens is 470 g/mol. The number of carbonyl (C=O) groups is 2. The van der Waals surface area contributed by atoms with E-state index in [1.54, 1.807) is 0 Å². The molecule has 2 heterocycles. The predicted octanol–water partition coefficient (Wildman–Crippen LogP) is 4.46. The molecule has 3 aromatic rings. The van der Waals surface area contributed by atoms with Gasteiger partial charge in [0.25, 0.3) is 5.91 Å². The molecule has 1 N–H and O–H groups in total. The van der Waals surface area contributed by atoms with Gasteiger partial charge >= 0.3 is 5.97 Å². The number of carboxylic acids is 1. The van der Waals surface area contributed by atoms with Gasteiger partial charge in [0, 0.05) is 25.1 Å². The maximum atomic E-state index is 13.9. The van der Waals surface area contributed by atoms with E-state index >= 15 is 0 Å². The van der Waals surface area contributed by atoms with E-state index in [4.69, 9.17) is 14.2 Å². The Kier molecular flexibility index (Phi) is 7.53. The van der Waals surface area contributed by atoms with Crippen LogP contribution in [0.4, 0.5) is 0 Å².